The van der Waals surface area contributed by atoms with Gasteiger partial charge < -0.3 is 4.74 Å². The van der Waals surface area contributed by atoms with Gasteiger partial charge in [-0.15, -0.1) is 11.3 Å². The first-order chi connectivity index (χ1) is 4.88. The lowest BCUT2D eigenvalue weighted by atomic mass is 10.2. The zero-order valence-electron chi connectivity index (χ0n) is 5.16. The summed E-state index contributed by atoms with van der Waals surface area (Å²) in [5.74, 6) is 0.0590. The van der Waals surface area contributed by atoms with Gasteiger partial charge in [-0.3, -0.25) is 4.79 Å². The lowest BCUT2D eigenvalue weighted by molar-refractivity contribution is 0.0664. The van der Waals surface area contributed by atoms with Crippen LogP contribution in [-0.4, -0.2) is 17.4 Å². The number of nitrogens with zero attached hydrogens (tertiary/aromatic N) is 1. The van der Waals surface area contributed by atoms with Crippen molar-refractivity contribution < 1.29 is 9.53 Å². The lowest BCUT2D eigenvalue weighted by Gasteiger charge is -2.07. The van der Waals surface area contributed by atoms with E-state index in [-0.39, 0.29) is 12.4 Å². The van der Waals surface area contributed by atoms with E-state index in [1.165, 1.54) is 11.3 Å². The van der Waals surface area contributed by atoms with Crippen molar-refractivity contribution in [2.24, 2.45) is 0 Å². The van der Waals surface area contributed by atoms with Gasteiger partial charge in [0.25, 0.3) is 0 Å². The molecule has 2 heterocycles. The van der Waals surface area contributed by atoms with E-state index in [0.717, 1.165) is 10.6 Å². The van der Waals surface area contributed by atoms with Crippen LogP contribution < -0.4 is 0 Å². The molecule has 0 radical (unpaired) electrons. The van der Waals surface area contributed by atoms with Crippen LogP contribution in [-0.2, 0) is 11.3 Å². The fourth-order valence-electron chi connectivity index (χ4n) is 0.905. The first-order valence-corrected chi connectivity index (χ1v) is 3.79. The smallest absolute Gasteiger partial charge is 0.200 e. The molecular formula is C6H5NO2S. The number of ketones is 1. The monoisotopic (exact) mass is 155 g/mol. The first-order valence-electron chi connectivity index (χ1n) is 2.91. The molecule has 0 aliphatic carbocycles. The van der Waals surface area contributed by atoms with Crippen molar-refractivity contribution in [3.05, 3.63) is 16.1 Å². The minimum Gasteiger partial charge on any atom is -0.367 e. The Labute approximate surface area is 61.7 Å². The predicted octanol–water partition coefficient (Wildman–Crippen LogP) is 0.856. The molecule has 3 nitrogen and oxygen atoms in total. The molecular weight excluding hydrogens is 150 g/mol. The van der Waals surface area contributed by atoms with Crippen LogP contribution in [0.3, 0.4) is 0 Å². The van der Waals surface area contributed by atoms with Crippen molar-refractivity contribution in [3.63, 3.8) is 0 Å². The number of ether oxygens (including phenoxy) is 1. The van der Waals surface area contributed by atoms with Gasteiger partial charge in [0.15, 0.2) is 5.78 Å². The summed E-state index contributed by atoms with van der Waals surface area (Å²) >= 11 is 1.39. The second kappa shape index (κ2) is 2.14. The van der Waals surface area contributed by atoms with Crippen molar-refractivity contribution in [1.29, 1.82) is 0 Å². The number of hydrogen-bond acceptors (Lipinski definition) is 4. The van der Waals surface area contributed by atoms with Crippen LogP contribution >= 0.6 is 11.3 Å². The Hall–Kier alpha value is -0.740. The van der Waals surface area contributed by atoms with Crippen LogP contribution in [0.5, 0.6) is 0 Å². The summed E-state index contributed by atoms with van der Waals surface area (Å²) in [4.78, 5) is 15.7. The molecule has 0 atom stereocenters. The van der Waals surface area contributed by atoms with E-state index in [4.69, 9.17) is 4.74 Å². The average Bonchev–Trinajstić information content (AvgIpc) is 2.36. The molecule has 0 N–H and O–H groups in total. The Balaban J connectivity index is 2.50. The molecule has 0 fully saturated rings. The minimum absolute atomic E-state index is 0.0590. The van der Waals surface area contributed by atoms with Gasteiger partial charge in [0.05, 0.1) is 22.7 Å². The van der Waals surface area contributed by atoms with Gasteiger partial charge in [0.1, 0.15) is 6.61 Å². The van der Waals surface area contributed by atoms with Crippen LogP contribution in [0.4, 0.5) is 0 Å². The van der Waals surface area contributed by atoms with Crippen molar-refractivity contribution in [1.82, 2.24) is 4.98 Å². The van der Waals surface area contributed by atoms with Crippen LogP contribution in [0.1, 0.15) is 15.4 Å². The summed E-state index contributed by atoms with van der Waals surface area (Å²) in [7, 11) is 0. The topological polar surface area (TPSA) is 39.2 Å². The molecule has 4 heteroatoms. The third-order valence-electron chi connectivity index (χ3n) is 1.37. The van der Waals surface area contributed by atoms with E-state index in [0.29, 0.717) is 6.61 Å². The summed E-state index contributed by atoms with van der Waals surface area (Å²) in [6.07, 6.45) is 0. The molecule has 1 aromatic heterocycles. The minimum atomic E-state index is 0.0590. The molecule has 1 aliphatic heterocycles. The molecule has 0 bridgehead atoms. The van der Waals surface area contributed by atoms with Gasteiger partial charge >= 0.3 is 0 Å². The molecule has 0 aromatic carbocycles. The molecule has 0 amide bonds. The third kappa shape index (κ3) is 0.767. The standard InChI is InChI=1S/C6H5NO2S/c8-5-2-9-1-4-6(5)10-3-7-4/h3H,1-2H2. The predicted molar refractivity (Wildman–Crippen MR) is 36.1 cm³/mol. The highest BCUT2D eigenvalue weighted by molar-refractivity contribution is 7.12. The van der Waals surface area contributed by atoms with Gasteiger partial charge in [-0.25, -0.2) is 4.98 Å². The number of fused-ring (bicyclic) bond motifs is 1. The average molecular weight is 155 g/mol. The highest BCUT2D eigenvalue weighted by Gasteiger charge is 2.19. The van der Waals surface area contributed by atoms with E-state index < -0.39 is 0 Å². The van der Waals surface area contributed by atoms with E-state index in [1.54, 1.807) is 5.51 Å². The largest absolute Gasteiger partial charge is 0.367 e. The molecule has 0 spiro atoms. The summed E-state index contributed by atoms with van der Waals surface area (Å²) in [6.45, 7) is 0.708. The van der Waals surface area contributed by atoms with E-state index in [1.807, 2.05) is 0 Å². The number of carbonyl (C=O) groups excluding carboxylic acids is 1. The number of thiazole rings is 1. The molecule has 2 rings (SSSR count). The van der Waals surface area contributed by atoms with Gasteiger partial charge in [0.2, 0.25) is 0 Å². The number of Topliss-reactive ketones (excluding diaryl/α,β-unsaturated/α-hetero) is 1. The summed E-state index contributed by atoms with van der Waals surface area (Å²) in [6, 6.07) is 0. The molecule has 0 saturated carbocycles. The zero-order valence-corrected chi connectivity index (χ0v) is 5.98. The zero-order chi connectivity index (χ0) is 6.97. The van der Waals surface area contributed by atoms with Crippen molar-refractivity contribution in [3.8, 4) is 0 Å². The van der Waals surface area contributed by atoms with E-state index in [9.17, 15) is 4.79 Å². The quantitative estimate of drug-likeness (QED) is 0.557. The molecule has 1 aromatic rings. The highest BCUT2D eigenvalue weighted by atomic mass is 32.1. The maximum absolute atomic E-state index is 11.0. The first kappa shape index (κ1) is 6.00. The maximum Gasteiger partial charge on any atom is 0.200 e. The number of aromatic nitrogens is 1. The fraction of sp³-hybridized carbons (Fsp3) is 0.333. The highest BCUT2D eigenvalue weighted by Crippen LogP contribution is 2.18. The lowest BCUT2D eigenvalue weighted by Crippen LogP contribution is -2.15. The van der Waals surface area contributed by atoms with Crippen molar-refractivity contribution in [2.45, 2.75) is 6.61 Å². The van der Waals surface area contributed by atoms with Crippen LogP contribution in [0.2, 0.25) is 0 Å². The maximum atomic E-state index is 11.0. The van der Waals surface area contributed by atoms with Gasteiger partial charge in [-0.05, 0) is 0 Å². The summed E-state index contributed by atoms with van der Waals surface area (Å²) in [5, 5.41) is 0. The van der Waals surface area contributed by atoms with Crippen molar-refractivity contribution in [2.75, 3.05) is 6.61 Å². The molecule has 1 aliphatic rings. The Bertz CT molecular complexity index is 268. The van der Waals surface area contributed by atoms with Crippen LogP contribution in [0.25, 0.3) is 0 Å². The second-order valence-electron chi connectivity index (χ2n) is 2.04. The second-order valence-corrected chi connectivity index (χ2v) is 2.90. The Morgan fingerprint density at radius 2 is 2.50 bits per heavy atom. The summed E-state index contributed by atoms with van der Waals surface area (Å²) < 4.78 is 4.96. The molecule has 10 heavy (non-hydrogen) atoms. The Kier molecular flexibility index (Phi) is 1.28. The van der Waals surface area contributed by atoms with E-state index >= 15 is 0 Å². The number of hydrogen-bond donors (Lipinski definition) is 0. The SMILES string of the molecule is O=C1COCc2ncsc21. The summed E-state index contributed by atoms with van der Waals surface area (Å²) in [5.41, 5.74) is 2.47. The number of carbonyl (C=O) groups is 1. The third-order valence-corrected chi connectivity index (χ3v) is 2.28. The van der Waals surface area contributed by atoms with Crippen molar-refractivity contribution >= 4 is 17.1 Å². The Morgan fingerprint density at radius 1 is 1.60 bits per heavy atom. The van der Waals surface area contributed by atoms with Gasteiger partial charge in [0, 0.05) is 0 Å². The number of rotatable bonds is 0. The van der Waals surface area contributed by atoms with E-state index in [2.05, 4.69) is 4.98 Å². The normalized spacial score (nSPS) is 17.0. The van der Waals surface area contributed by atoms with Gasteiger partial charge in [-0.2, -0.15) is 0 Å². The molecule has 0 saturated heterocycles. The van der Waals surface area contributed by atoms with Crippen LogP contribution in [0, 0.1) is 0 Å². The van der Waals surface area contributed by atoms with Gasteiger partial charge in [-0.1, -0.05) is 0 Å². The fourth-order valence-corrected chi connectivity index (χ4v) is 1.63. The Morgan fingerprint density at radius 3 is 3.30 bits per heavy atom. The molecule has 0 unspecified atom stereocenters. The molecule has 52 valence electrons. The van der Waals surface area contributed by atoms with Crippen LogP contribution in [0.15, 0.2) is 5.51 Å².